The molecule has 0 saturated carbocycles. The molecule has 0 bridgehead atoms. The van der Waals surface area contributed by atoms with Crippen LogP contribution in [0.25, 0.3) is 0 Å². The molecule has 0 aromatic heterocycles. The van der Waals surface area contributed by atoms with Crippen LogP contribution in [0.4, 0.5) is 0 Å². The van der Waals surface area contributed by atoms with E-state index in [-0.39, 0.29) is 6.42 Å². The fourth-order valence-electron chi connectivity index (χ4n) is 4.72. The summed E-state index contributed by atoms with van der Waals surface area (Å²) in [4.78, 5) is 25.9. The van der Waals surface area contributed by atoms with Crippen molar-refractivity contribution in [2.45, 2.75) is 31.3 Å². The zero-order chi connectivity index (χ0) is 25.6. The Balaban J connectivity index is 1.99. The first kappa shape index (κ1) is 26.1. The van der Waals surface area contributed by atoms with Gasteiger partial charge in [-0.2, -0.15) is 0 Å². The van der Waals surface area contributed by atoms with Crippen LogP contribution in [-0.2, 0) is 25.5 Å². The SMILES string of the molecule is COC(=O)C1=C(NCCc2ccc(OC)c(OC)c2)C[C@@](C)(O)[C@@H](C(=O)OC)[C@H]1c1ccccc1. The van der Waals surface area contributed by atoms with Crippen LogP contribution in [0.15, 0.2) is 59.8 Å². The van der Waals surface area contributed by atoms with Gasteiger partial charge in [-0.05, 0) is 36.6 Å². The summed E-state index contributed by atoms with van der Waals surface area (Å²) in [6, 6.07) is 14.8. The topological polar surface area (TPSA) is 103 Å². The number of hydrogen-bond donors (Lipinski definition) is 2. The van der Waals surface area contributed by atoms with E-state index in [4.69, 9.17) is 18.9 Å². The molecule has 3 atom stereocenters. The molecule has 8 heteroatoms. The van der Waals surface area contributed by atoms with Gasteiger partial charge in [0.1, 0.15) is 0 Å². The van der Waals surface area contributed by atoms with Crippen LogP contribution >= 0.6 is 0 Å². The van der Waals surface area contributed by atoms with Crippen molar-refractivity contribution in [3.8, 4) is 11.5 Å². The predicted octanol–water partition coefficient (Wildman–Crippen LogP) is 2.99. The number of methoxy groups -OCH3 is 4. The van der Waals surface area contributed by atoms with Crippen molar-refractivity contribution < 1.29 is 33.6 Å². The number of carbonyl (C=O) groups is 2. The van der Waals surface area contributed by atoms with Crippen molar-refractivity contribution in [1.82, 2.24) is 5.32 Å². The molecule has 188 valence electrons. The van der Waals surface area contributed by atoms with Crippen molar-refractivity contribution in [2.24, 2.45) is 5.92 Å². The van der Waals surface area contributed by atoms with Gasteiger partial charge in [0.05, 0.1) is 45.5 Å². The maximum atomic E-state index is 13.0. The van der Waals surface area contributed by atoms with E-state index in [1.807, 2.05) is 48.5 Å². The van der Waals surface area contributed by atoms with Crippen LogP contribution in [0.5, 0.6) is 11.5 Å². The second-order valence-corrected chi connectivity index (χ2v) is 8.67. The summed E-state index contributed by atoms with van der Waals surface area (Å²) in [6.07, 6.45) is 0.684. The summed E-state index contributed by atoms with van der Waals surface area (Å²) in [5, 5.41) is 14.7. The molecular weight excluding hydrogens is 450 g/mol. The minimum absolute atomic E-state index is 0.0620. The summed E-state index contributed by atoms with van der Waals surface area (Å²) in [7, 11) is 5.75. The molecule has 0 unspecified atom stereocenters. The Hall–Kier alpha value is -3.52. The minimum Gasteiger partial charge on any atom is -0.493 e. The second-order valence-electron chi connectivity index (χ2n) is 8.67. The molecule has 1 aliphatic carbocycles. The molecule has 2 N–H and O–H groups in total. The molecule has 0 spiro atoms. The maximum Gasteiger partial charge on any atom is 0.336 e. The molecule has 8 nitrogen and oxygen atoms in total. The number of rotatable bonds is 9. The fraction of sp³-hybridized carbons (Fsp3) is 0.407. The number of carbonyl (C=O) groups excluding carboxylic acids is 2. The summed E-state index contributed by atoms with van der Waals surface area (Å²) < 4.78 is 20.8. The normalized spacial score (nSPS) is 21.8. The van der Waals surface area contributed by atoms with Crippen molar-refractivity contribution in [3.63, 3.8) is 0 Å². The van der Waals surface area contributed by atoms with Gasteiger partial charge in [-0.1, -0.05) is 36.4 Å². The van der Waals surface area contributed by atoms with Crippen LogP contribution in [0, 0.1) is 5.92 Å². The lowest BCUT2D eigenvalue weighted by atomic mass is 9.66. The number of nitrogens with one attached hydrogen (secondary N) is 1. The van der Waals surface area contributed by atoms with E-state index >= 15 is 0 Å². The summed E-state index contributed by atoms with van der Waals surface area (Å²) in [5.41, 5.74) is 1.10. The largest absolute Gasteiger partial charge is 0.493 e. The minimum atomic E-state index is -1.46. The molecule has 0 radical (unpaired) electrons. The standard InChI is InChI=1S/C27H33NO7/c1-27(31)16-19(28-14-13-17-11-12-20(32-2)21(15-17)33-3)23(25(29)34-4)22(24(27)26(30)35-5)18-9-7-6-8-10-18/h6-12,15,22,24,28,31H,13-14,16H2,1-5H3/t22-,24+,27+/m0/s1. The lowest BCUT2D eigenvalue weighted by molar-refractivity contribution is -0.157. The smallest absolute Gasteiger partial charge is 0.336 e. The Morgan fingerprint density at radius 3 is 2.29 bits per heavy atom. The highest BCUT2D eigenvalue weighted by molar-refractivity contribution is 5.93. The van der Waals surface area contributed by atoms with Crippen molar-refractivity contribution in [2.75, 3.05) is 35.0 Å². The Morgan fingerprint density at radius 2 is 1.69 bits per heavy atom. The van der Waals surface area contributed by atoms with Gasteiger partial charge in [0, 0.05) is 24.6 Å². The number of aliphatic hydroxyl groups is 1. The Morgan fingerprint density at radius 1 is 1.00 bits per heavy atom. The fourth-order valence-corrected chi connectivity index (χ4v) is 4.72. The average molecular weight is 484 g/mol. The van der Waals surface area contributed by atoms with Crippen LogP contribution < -0.4 is 14.8 Å². The maximum absolute atomic E-state index is 13.0. The van der Waals surface area contributed by atoms with Crippen LogP contribution in [0.1, 0.15) is 30.4 Å². The molecule has 2 aromatic rings. The predicted molar refractivity (Wildman–Crippen MR) is 130 cm³/mol. The van der Waals surface area contributed by atoms with Crippen molar-refractivity contribution >= 4 is 11.9 Å². The Bertz CT molecular complexity index is 1080. The molecule has 0 amide bonds. The zero-order valence-electron chi connectivity index (χ0n) is 20.8. The van der Waals surface area contributed by atoms with Gasteiger partial charge in [0.25, 0.3) is 0 Å². The van der Waals surface area contributed by atoms with E-state index < -0.39 is 29.4 Å². The van der Waals surface area contributed by atoms with Gasteiger partial charge in [0.2, 0.25) is 0 Å². The molecule has 0 heterocycles. The van der Waals surface area contributed by atoms with Crippen molar-refractivity contribution in [3.05, 3.63) is 70.9 Å². The number of ether oxygens (including phenoxy) is 4. The summed E-state index contributed by atoms with van der Waals surface area (Å²) >= 11 is 0. The molecule has 0 saturated heterocycles. The van der Waals surface area contributed by atoms with Crippen LogP contribution in [-0.4, -0.2) is 57.6 Å². The molecule has 3 rings (SSSR count). The van der Waals surface area contributed by atoms with E-state index in [1.165, 1.54) is 14.2 Å². The van der Waals surface area contributed by atoms with E-state index in [1.54, 1.807) is 21.1 Å². The molecule has 0 fully saturated rings. The lowest BCUT2D eigenvalue weighted by Gasteiger charge is -2.42. The first-order valence-corrected chi connectivity index (χ1v) is 11.4. The van der Waals surface area contributed by atoms with Gasteiger partial charge >= 0.3 is 11.9 Å². The highest BCUT2D eigenvalue weighted by Crippen LogP contribution is 2.47. The second kappa shape index (κ2) is 11.3. The van der Waals surface area contributed by atoms with E-state index in [0.717, 1.165) is 5.56 Å². The van der Waals surface area contributed by atoms with E-state index in [9.17, 15) is 14.7 Å². The van der Waals surface area contributed by atoms with Gasteiger partial charge in [0.15, 0.2) is 11.5 Å². The Kier molecular flexibility index (Phi) is 8.40. The van der Waals surface area contributed by atoms with Gasteiger partial charge in [-0.15, -0.1) is 0 Å². The number of esters is 2. The first-order chi connectivity index (χ1) is 16.8. The summed E-state index contributed by atoms with van der Waals surface area (Å²) in [5.74, 6) is -1.61. The highest BCUT2D eigenvalue weighted by Gasteiger charge is 2.52. The number of benzene rings is 2. The Labute approximate surface area is 205 Å². The third-order valence-electron chi connectivity index (χ3n) is 6.39. The van der Waals surface area contributed by atoms with Crippen LogP contribution in [0.3, 0.4) is 0 Å². The molecular formula is C27H33NO7. The molecule has 35 heavy (non-hydrogen) atoms. The van der Waals surface area contributed by atoms with E-state index in [0.29, 0.717) is 41.3 Å². The highest BCUT2D eigenvalue weighted by atomic mass is 16.5. The monoisotopic (exact) mass is 483 g/mol. The van der Waals surface area contributed by atoms with Crippen molar-refractivity contribution in [1.29, 1.82) is 0 Å². The summed E-state index contributed by atoms with van der Waals surface area (Å²) in [6.45, 7) is 2.07. The molecule has 2 aromatic carbocycles. The third kappa shape index (κ3) is 5.59. The lowest BCUT2D eigenvalue weighted by Crippen LogP contribution is -2.50. The zero-order valence-corrected chi connectivity index (χ0v) is 20.8. The van der Waals surface area contributed by atoms with Gasteiger partial charge in [-0.25, -0.2) is 4.79 Å². The van der Waals surface area contributed by atoms with Gasteiger partial charge in [-0.3, -0.25) is 4.79 Å². The quantitative estimate of drug-likeness (QED) is 0.525. The molecule has 1 aliphatic rings. The first-order valence-electron chi connectivity index (χ1n) is 11.4. The van der Waals surface area contributed by atoms with Crippen LogP contribution in [0.2, 0.25) is 0 Å². The third-order valence-corrected chi connectivity index (χ3v) is 6.39. The number of hydrogen-bond acceptors (Lipinski definition) is 8. The van der Waals surface area contributed by atoms with E-state index in [2.05, 4.69) is 5.32 Å². The van der Waals surface area contributed by atoms with Gasteiger partial charge < -0.3 is 29.4 Å². The average Bonchev–Trinajstić information content (AvgIpc) is 2.87. The molecule has 0 aliphatic heterocycles.